The molecular weight excluding hydrogens is 100 g/mol. The van der Waals surface area contributed by atoms with Gasteiger partial charge in [-0.25, -0.2) is 0 Å². The van der Waals surface area contributed by atoms with E-state index in [4.69, 9.17) is 11.1 Å². The van der Waals surface area contributed by atoms with E-state index < -0.39 is 0 Å². The van der Waals surface area contributed by atoms with E-state index in [9.17, 15) is 0 Å². The maximum atomic E-state index is 7.04. The van der Waals surface area contributed by atoms with E-state index in [0.717, 1.165) is 6.42 Å². The molecule has 0 radical (unpaired) electrons. The lowest BCUT2D eigenvalue weighted by molar-refractivity contribution is 0.619. The van der Waals surface area contributed by atoms with Crippen molar-refractivity contribution in [3.05, 3.63) is 0 Å². The fourth-order valence-electron chi connectivity index (χ4n) is 0.998. The van der Waals surface area contributed by atoms with Gasteiger partial charge in [0.2, 0.25) is 0 Å². The fourth-order valence-corrected chi connectivity index (χ4v) is 0.998. The first kappa shape index (κ1) is 5.60. The molecular formula is C6H12N2. The molecule has 8 heavy (non-hydrogen) atoms. The molecule has 0 aromatic heterocycles. The number of hydrogen-bond donors (Lipinski definition) is 2. The second kappa shape index (κ2) is 1.24. The normalized spacial score (nSPS) is 32.0. The number of rotatable bonds is 1. The summed E-state index contributed by atoms with van der Waals surface area (Å²) in [6.45, 7) is 4.28. The zero-order chi connectivity index (χ0) is 6.36. The van der Waals surface area contributed by atoms with Crippen molar-refractivity contribution >= 4 is 5.84 Å². The Hall–Kier alpha value is -0.530. The molecule has 1 rings (SSSR count). The monoisotopic (exact) mass is 112 g/mol. The lowest BCUT2D eigenvalue weighted by Crippen LogP contribution is -2.14. The van der Waals surface area contributed by atoms with Gasteiger partial charge in [0.25, 0.3) is 0 Å². The van der Waals surface area contributed by atoms with Gasteiger partial charge in [-0.05, 0) is 11.8 Å². The predicted octanol–water partition coefficient (Wildman–Crippen LogP) is 0.968. The van der Waals surface area contributed by atoms with Crippen LogP contribution in [0, 0.1) is 16.7 Å². The minimum absolute atomic E-state index is 0.339. The first-order valence-electron chi connectivity index (χ1n) is 2.88. The van der Waals surface area contributed by atoms with Crippen molar-refractivity contribution in [2.24, 2.45) is 17.1 Å². The van der Waals surface area contributed by atoms with E-state index in [1.54, 1.807) is 0 Å². The van der Waals surface area contributed by atoms with Crippen LogP contribution in [-0.2, 0) is 0 Å². The number of nitrogens with two attached hydrogens (primary N) is 1. The zero-order valence-electron chi connectivity index (χ0n) is 5.36. The van der Waals surface area contributed by atoms with Crippen LogP contribution in [0.15, 0.2) is 0 Å². The number of hydrogen-bond acceptors (Lipinski definition) is 1. The van der Waals surface area contributed by atoms with E-state index in [-0.39, 0.29) is 0 Å². The number of amidine groups is 1. The highest BCUT2D eigenvalue weighted by molar-refractivity contribution is 5.83. The molecule has 0 aromatic rings. The molecule has 0 aliphatic heterocycles. The Morgan fingerprint density at radius 2 is 2.12 bits per heavy atom. The van der Waals surface area contributed by atoms with Crippen LogP contribution in [0.5, 0.6) is 0 Å². The molecule has 2 nitrogen and oxygen atoms in total. The van der Waals surface area contributed by atoms with Crippen LogP contribution >= 0.6 is 0 Å². The van der Waals surface area contributed by atoms with Gasteiger partial charge < -0.3 is 5.73 Å². The van der Waals surface area contributed by atoms with Crippen LogP contribution in [-0.4, -0.2) is 5.84 Å². The summed E-state index contributed by atoms with van der Waals surface area (Å²) < 4.78 is 0. The molecule has 0 heterocycles. The van der Waals surface area contributed by atoms with Gasteiger partial charge in [0.1, 0.15) is 0 Å². The smallest absolute Gasteiger partial charge is 0.0942 e. The van der Waals surface area contributed by atoms with Crippen molar-refractivity contribution in [1.82, 2.24) is 0 Å². The first-order chi connectivity index (χ1) is 3.54. The maximum absolute atomic E-state index is 7.04. The van der Waals surface area contributed by atoms with Crippen molar-refractivity contribution in [3.8, 4) is 0 Å². The molecule has 2 heteroatoms. The fraction of sp³-hybridized carbons (Fsp3) is 0.833. The Balaban J connectivity index is 2.48. The van der Waals surface area contributed by atoms with Crippen LogP contribution in [0.2, 0.25) is 0 Å². The average molecular weight is 112 g/mol. The van der Waals surface area contributed by atoms with Gasteiger partial charge in [0, 0.05) is 5.92 Å². The molecule has 1 aliphatic rings. The topological polar surface area (TPSA) is 49.9 Å². The highest BCUT2D eigenvalue weighted by Gasteiger charge is 2.47. The van der Waals surface area contributed by atoms with Crippen LogP contribution in [0.4, 0.5) is 0 Å². The van der Waals surface area contributed by atoms with E-state index in [1.165, 1.54) is 0 Å². The third kappa shape index (κ3) is 0.703. The van der Waals surface area contributed by atoms with E-state index >= 15 is 0 Å². The largest absolute Gasteiger partial charge is 0.387 e. The quantitative estimate of drug-likeness (QED) is 0.385. The van der Waals surface area contributed by atoms with Gasteiger partial charge in [-0.1, -0.05) is 13.8 Å². The lowest BCUT2D eigenvalue weighted by Gasteiger charge is -1.97. The Morgan fingerprint density at radius 1 is 1.75 bits per heavy atom. The summed E-state index contributed by atoms with van der Waals surface area (Å²) in [5.41, 5.74) is 5.60. The van der Waals surface area contributed by atoms with Gasteiger partial charge >= 0.3 is 0 Å². The Bertz CT molecular complexity index is 126. The van der Waals surface area contributed by atoms with Crippen molar-refractivity contribution in [3.63, 3.8) is 0 Å². The van der Waals surface area contributed by atoms with Crippen LogP contribution in [0.3, 0.4) is 0 Å². The van der Waals surface area contributed by atoms with Gasteiger partial charge in [-0.2, -0.15) is 0 Å². The van der Waals surface area contributed by atoms with E-state index in [0.29, 0.717) is 17.2 Å². The summed E-state index contributed by atoms with van der Waals surface area (Å²) in [6.07, 6.45) is 1.10. The summed E-state index contributed by atoms with van der Waals surface area (Å²) in [5, 5.41) is 7.04. The summed E-state index contributed by atoms with van der Waals surface area (Å²) >= 11 is 0. The van der Waals surface area contributed by atoms with Gasteiger partial charge in [0.15, 0.2) is 0 Å². The molecule has 3 N–H and O–H groups in total. The van der Waals surface area contributed by atoms with Crippen LogP contribution in [0.1, 0.15) is 20.3 Å². The highest BCUT2D eigenvalue weighted by Crippen LogP contribution is 2.51. The second-order valence-electron chi connectivity index (χ2n) is 3.20. The molecule has 46 valence electrons. The molecule has 0 aromatic carbocycles. The summed E-state index contributed by atoms with van der Waals surface area (Å²) in [6, 6.07) is 0. The molecule has 1 saturated carbocycles. The molecule has 0 unspecified atom stereocenters. The molecule has 1 atom stereocenters. The summed E-state index contributed by atoms with van der Waals surface area (Å²) in [7, 11) is 0. The third-order valence-corrected chi connectivity index (χ3v) is 1.89. The average Bonchev–Trinajstić information content (AvgIpc) is 2.13. The maximum Gasteiger partial charge on any atom is 0.0942 e. The number of nitrogens with one attached hydrogen (secondary N) is 1. The molecule has 0 bridgehead atoms. The minimum atomic E-state index is 0.339. The van der Waals surface area contributed by atoms with Gasteiger partial charge in [-0.3, -0.25) is 5.41 Å². The van der Waals surface area contributed by atoms with E-state index in [1.807, 2.05) is 0 Å². The van der Waals surface area contributed by atoms with Crippen molar-refractivity contribution < 1.29 is 0 Å². The van der Waals surface area contributed by atoms with Gasteiger partial charge in [0.05, 0.1) is 5.84 Å². The van der Waals surface area contributed by atoms with Gasteiger partial charge in [-0.15, -0.1) is 0 Å². The standard InChI is InChI=1S/C6H12N2/c1-6(2)3-4(6)5(7)8/h4H,3H2,1-2H3,(H3,7,8)/t4-/m1/s1. The molecule has 0 saturated heterocycles. The first-order valence-corrected chi connectivity index (χ1v) is 2.88. The second-order valence-corrected chi connectivity index (χ2v) is 3.20. The molecule has 1 aliphatic carbocycles. The summed E-state index contributed by atoms with van der Waals surface area (Å²) in [4.78, 5) is 0. The van der Waals surface area contributed by atoms with Crippen molar-refractivity contribution in [2.75, 3.05) is 0 Å². The molecule has 0 spiro atoms. The van der Waals surface area contributed by atoms with Crippen molar-refractivity contribution in [1.29, 1.82) is 5.41 Å². The molecule has 0 amide bonds. The van der Waals surface area contributed by atoms with Crippen LogP contribution in [0.25, 0.3) is 0 Å². The lowest BCUT2D eigenvalue weighted by atomic mass is 10.1. The SMILES string of the molecule is CC1(C)C[C@@H]1C(=N)N. The van der Waals surface area contributed by atoms with Crippen molar-refractivity contribution in [2.45, 2.75) is 20.3 Å². The Morgan fingerprint density at radius 3 is 2.12 bits per heavy atom. The molecule has 1 fully saturated rings. The predicted molar refractivity (Wildman–Crippen MR) is 33.8 cm³/mol. The third-order valence-electron chi connectivity index (χ3n) is 1.89. The minimum Gasteiger partial charge on any atom is -0.387 e. The Labute approximate surface area is 49.6 Å². The summed E-state index contributed by atoms with van der Waals surface area (Å²) in [5.74, 6) is 0.734. The van der Waals surface area contributed by atoms with Crippen LogP contribution < -0.4 is 5.73 Å². The van der Waals surface area contributed by atoms with E-state index in [2.05, 4.69) is 13.8 Å². The highest BCUT2D eigenvalue weighted by atomic mass is 14.8. The Kier molecular flexibility index (Phi) is 0.872. The zero-order valence-corrected chi connectivity index (χ0v) is 5.36.